The topological polar surface area (TPSA) is 54.9 Å². The molecule has 1 aromatic carbocycles. The normalized spacial score (nSPS) is 11.9. The van der Waals surface area contributed by atoms with E-state index in [9.17, 15) is 4.79 Å². The molecule has 0 unspecified atom stereocenters. The number of aryl methyl sites for hydroxylation is 1. The summed E-state index contributed by atoms with van der Waals surface area (Å²) in [5.41, 5.74) is 1.80. The van der Waals surface area contributed by atoms with Crippen LogP contribution in [0.25, 0.3) is 0 Å². The van der Waals surface area contributed by atoms with Crippen molar-refractivity contribution in [3.8, 4) is 0 Å². The van der Waals surface area contributed by atoms with Gasteiger partial charge in [-0.3, -0.25) is 10.1 Å². The van der Waals surface area contributed by atoms with Crippen molar-refractivity contribution in [1.29, 1.82) is 0 Å². The summed E-state index contributed by atoms with van der Waals surface area (Å²) < 4.78 is 0. The maximum absolute atomic E-state index is 12.0. The minimum Gasteiger partial charge on any atom is -0.294 e. The lowest BCUT2D eigenvalue weighted by molar-refractivity contribution is -0.117. The first kappa shape index (κ1) is 12.2. The molecule has 0 saturated carbocycles. The van der Waals surface area contributed by atoms with Crippen molar-refractivity contribution in [1.82, 2.24) is 9.97 Å². The molecule has 0 bridgehead atoms. The number of hydrogen-bond acceptors (Lipinski definition) is 3. The van der Waals surface area contributed by atoms with Gasteiger partial charge < -0.3 is 0 Å². The average Bonchev–Trinajstić information content (AvgIpc) is 2.39. The van der Waals surface area contributed by atoms with Gasteiger partial charge in [-0.05, 0) is 25.5 Å². The van der Waals surface area contributed by atoms with Crippen LogP contribution in [-0.2, 0) is 4.79 Å². The number of hydrogen-bond donors (Lipinski definition) is 1. The summed E-state index contributed by atoms with van der Waals surface area (Å²) in [6, 6.07) is 11.4. The largest absolute Gasteiger partial charge is 0.294 e. The summed E-state index contributed by atoms with van der Waals surface area (Å²) in [6.07, 6.45) is 1.63. The SMILES string of the molecule is Cc1ccnc(NC(=O)[C@H](C)c2ccccc2)n1. The average molecular weight is 241 g/mol. The molecule has 1 N–H and O–H groups in total. The van der Waals surface area contributed by atoms with E-state index in [1.807, 2.05) is 44.2 Å². The van der Waals surface area contributed by atoms with Gasteiger partial charge in [-0.1, -0.05) is 30.3 Å². The quantitative estimate of drug-likeness (QED) is 0.898. The fourth-order valence-corrected chi connectivity index (χ4v) is 1.62. The van der Waals surface area contributed by atoms with Crippen molar-refractivity contribution in [2.24, 2.45) is 0 Å². The van der Waals surface area contributed by atoms with Gasteiger partial charge in [0.05, 0.1) is 5.92 Å². The standard InChI is InChI=1S/C14H15N3O/c1-10-8-9-15-14(16-10)17-13(18)11(2)12-6-4-3-5-7-12/h3-9,11H,1-2H3,(H,15,16,17,18)/t11-/m1/s1. The molecule has 2 aromatic rings. The van der Waals surface area contributed by atoms with Crippen molar-refractivity contribution < 1.29 is 4.79 Å². The van der Waals surface area contributed by atoms with Crippen LogP contribution < -0.4 is 5.32 Å². The summed E-state index contributed by atoms with van der Waals surface area (Å²) in [6.45, 7) is 3.72. The van der Waals surface area contributed by atoms with E-state index < -0.39 is 0 Å². The van der Waals surface area contributed by atoms with E-state index >= 15 is 0 Å². The molecule has 4 heteroatoms. The first-order valence-corrected chi connectivity index (χ1v) is 5.82. The van der Waals surface area contributed by atoms with E-state index in [0.29, 0.717) is 5.95 Å². The molecule has 0 radical (unpaired) electrons. The minimum absolute atomic E-state index is 0.105. The van der Waals surface area contributed by atoms with Gasteiger partial charge in [-0.25, -0.2) is 9.97 Å². The molecule has 0 aliphatic carbocycles. The molecule has 0 aliphatic heterocycles. The van der Waals surface area contributed by atoms with Crippen LogP contribution in [0.15, 0.2) is 42.6 Å². The molecule has 1 heterocycles. The zero-order valence-corrected chi connectivity index (χ0v) is 10.4. The number of carbonyl (C=O) groups excluding carboxylic acids is 1. The monoisotopic (exact) mass is 241 g/mol. The van der Waals surface area contributed by atoms with Gasteiger partial charge >= 0.3 is 0 Å². The van der Waals surface area contributed by atoms with E-state index in [1.54, 1.807) is 12.3 Å². The smallest absolute Gasteiger partial charge is 0.233 e. The van der Waals surface area contributed by atoms with E-state index in [4.69, 9.17) is 0 Å². The molecular formula is C14H15N3O. The van der Waals surface area contributed by atoms with E-state index in [2.05, 4.69) is 15.3 Å². The second-order valence-corrected chi connectivity index (χ2v) is 4.14. The van der Waals surface area contributed by atoms with Crippen LogP contribution in [-0.4, -0.2) is 15.9 Å². The number of amides is 1. The molecular weight excluding hydrogens is 226 g/mol. The molecule has 1 atom stereocenters. The third-order valence-corrected chi connectivity index (χ3v) is 2.72. The van der Waals surface area contributed by atoms with Crippen molar-refractivity contribution in [3.63, 3.8) is 0 Å². The van der Waals surface area contributed by atoms with Crippen LogP contribution >= 0.6 is 0 Å². The maximum atomic E-state index is 12.0. The first-order valence-electron chi connectivity index (χ1n) is 5.82. The molecule has 0 spiro atoms. The van der Waals surface area contributed by atoms with Gasteiger partial charge in [0, 0.05) is 11.9 Å². The summed E-state index contributed by atoms with van der Waals surface area (Å²) in [7, 11) is 0. The Hall–Kier alpha value is -2.23. The van der Waals surface area contributed by atoms with Crippen LogP contribution in [0.2, 0.25) is 0 Å². The Morgan fingerprint density at radius 1 is 1.22 bits per heavy atom. The second kappa shape index (κ2) is 5.40. The zero-order chi connectivity index (χ0) is 13.0. The van der Waals surface area contributed by atoms with Crippen LogP contribution in [0.5, 0.6) is 0 Å². The number of benzene rings is 1. The summed E-state index contributed by atoms with van der Waals surface area (Å²) in [4.78, 5) is 20.2. The van der Waals surface area contributed by atoms with Crippen molar-refractivity contribution in [2.75, 3.05) is 5.32 Å². The highest BCUT2D eigenvalue weighted by atomic mass is 16.2. The number of carbonyl (C=O) groups is 1. The molecule has 0 saturated heterocycles. The van der Waals surface area contributed by atoms with Crippen molar-refractivity contribution in [3.05, 3.63) is 53.9 Å². The fourth-order valence-electron chi connectivity index (χ4n) is 1.62. The highest BCUT2D eigenvalue weighted by Crippen LogP contribution is 2.16. The molecule has 0 fully saturated rings. The first-order chi connectivity index (χ1) is 8.66. The van der Waals surface area contributed by atoms with Gasteiger partial charge in [0.25, 0.3) is 0 Å². The Labute approximate surface area is 106 Å². The molecule has 92 valence electrons. The summed E-state index contributed by atoms with van der Waals surface area (Å²) in [5, 5.41) is 2.72. The van der Waals surface area contributed by atoms with Gasteiger partial charge in [0.15, 0.2) is 0 Å². The molecule has 1 aromatic heterocycles. The van der Waals surface area contributed by atoms with Gasteiger partial charge in [0.2, 0.25) is 11.9 Å². The van der Waals surface area contributed by atoms with Crippen LogP contribution in [0.4, 0.5) is 5.95 Å². The number of aromatic nitrogens is 2. The summed E-state index contributed by atoms with van der Waals surface area (Å²) >= 11 is 0. The zero-order valence-electron chi connectivity index (χ0n) is 10.4. The van der Waals surface area contributed by atoms with E-state index in [-0.39, 0.29) is 11.8 Å². The number of nitrogens with zero attached hydrogens (tertiary/aromatic N) is 2. The lowest BCUT2D eigenvalue weighted by Gasteiger charge is -2.11. The highest BCUT2D eigenvalue weighted by molar-refractivity contribution is 5.94. The fraction of sp³-hybridized carbons (Fsp3) is 0.214. The van der Waals surface area contributed by atoms with E-state index in [1.165, 1.54) is 0 Å². The maximum Gasteiger partial charge on any atom is 0.233 e. The van der Waals surface area contributed by atoms with Gasteiger partial charge in [-0.15, -0.1) is 0 Å². The Morgan fingerprint density at radius 2 is 1.94 bits per heavy atom. The predicted octanol–water partition coefficient (Wildman–Crippen LogP) is 2.53. The number of nitrogens with one attached hydrogen (secondary N) is 1. The Balaban J connectivity index is 2.09. The molecule has 18 heavy (non-hydrogen) atoms. The van der Waals surface area contributed by atoms with Crippen molar-refractivity contribution >= 4 is 11.9 Å². The third kappa shape index (κ3) is 2.91. The van der Waals surface area contributed by atoms with Gasteiger partial charge in [-0.2, -0.15) is 0 Å². The second-order valence-electron chi connectivity index (χ2n) is 4.14. The van der Waals surface area contributed by atoms with Crippen LogP contribution in [0.3, 0.4) is 0 Å². The Morgan fingerprint density at radius 3 is 2.61 bits per heavy atom. The van der Waals surface area contributed by atoms with Crippen molar-refractivity contribution in [2.45, 2.75) is 19.8 Å². The van der Waals surface area contributed by atoms with Crippen LogP contribution in [0, 0.1) is 6.92 Å². The minimum atomic E-state index is -0.227. The predicted molar refractivity (Wildman–Crippen MR) is 70.3 cm³/mol. The van der Waals surface area contributed by atoms with Crippen LogP contribution in [0.1, 0.15) is 24.1 Å². The summed E-state index contributed by atoms with van der Waals surface area (Å²) in [5.74, 6) is 0.0184. The lowest BCUT2D eigenvalue weighted by atomic mass is 10.0. The van der Waals surface area contributed by atoms with Gasteiger partial charge in [0.1, 0.15) is 0 Å². The number of rotatable bonds is 3. The molecule has 2 rings (SSSR count). The molecule has 0 aliphatic rings. The van der Waals surface area contributed by atoms with E-state index in [0.717, 1.165) is 11.3 Å². The highest BCUT2D eigenvalue weighted by Gasteiger charge is 2.15. The Kier molecular flexibility index (Phi) is 3.67. The molecule has 4 nitrogen and oxygen atoms in total. The Bertz CT molecular complexity index is 540. The lowest BCUT2D eigenvalue weighted by Crippen LogP contribution is -2.20. The third-order valence-electron chi connectivity index (χ3n) is 2.72. The number of anilines is 1. The molecule has 1 amide bonds.